The molecule has 1 aromatic heterocycles. The van der Waals surface area contributed by atoms with Crippen LogP contribution in [0.3, 0.4) is 0 Å². The van der Waals surface area contributed by atoms with E-state index in [0.29, 0.717) is 5.41 Å². The van der Waals surface area contributed by atoms with E-state index in [-0.39, 0.29) is 29.5 Å². The van der Waals surface area contributed by atoms with Crippen LogP contribution in [0.1, 0.15) is 40.3 Å². The highest BCUT2D eigenvalue weighted by molar-refractivity contribution is 14.0. The molecule has 1 aliphatic rings. The largest absolute Gasteiger partial charge is 0.356 e. The maximum Gasteiger partial charge on any atom is 0.194 e. The third kappa shape index (κ3) is 3.91. The molecule has 0 radical (unpaired) electrons. The van der Waals surface area contributed by atoms with Gasteiger partial charge in [0, 0.05) is 48.9 Å². The van der Waals surface area contributed by atoms with Crippen molar-refractivity contribution in [2.45, 2.75) is 46.6 Å². The van der Waals surface area contributed by atoms with Crippen molar-refractivity contribution in [1.29, 1.82) is 0 Å². The normalized spacial score (nSPS) is 19.1. The highest BCUT2D eigenvalue weighted by Crippen LogP contribution is 2.46. The number of hydrogen-bond acceptors (Lipinski definition) is 2. The SMILES string of the molecule is CCNC(=NCCc1ccccn1)N1CC(C)(C)C1(C)C.I. The van der Waals surface area contributed by atoms with E-state index in [4.69, 9.17) is 4.99 Å². The minimum absolute atomic E-state index is 0. The van der Waals surface area contributed by atoms with Gasteiger partial charge < -0.3 is 10.2 Å². The number of nitrogens with one attached hydrogen (secondary N) is 1. The van der Waals surface area contributed by atoms with Crippen LogP contribution < -0.4 is 5.32 Å². The van der Waals surface area contributed by atoms with E-state index >= 15 is 0 Å². The van der Waals surface area contributed by atoms with E-state index in [1.54, 1.807) is 0 Å². The van der Waals surface area contributed by atoms with Gasteiger partial charge in [0.1, 0.15) is 0 Å². The lowest BCUT2D eigenvalue weighted by atomic mass is 9.65. The second-order valence-electron chi connectivity index (χ2n) is 6.84. The number of aromatic nitrogens is 1. The molecule has 0 bridgehead atoms. The van der Waals surface area contributed by atoms with Crippen molar-refractivity contribution < 1.29 is 0 Å². The fraction of sp³-hybridized carbons (Fsp3) is 0.647. The zero-order chi connectivity index (χ0) is 15.5. The second kappa shape index (κ2) is 7.62. The Bertz CT molecular complexity index is 497. The summed E-state index contributed by atoms with van der Waals surface area (Å²) in [4.78, 5) is 11.5. The summed E-state index contributed by atoms with van der Waals surface area (Å²) in [5.41, 5.74) is 1.56. The summed E-state index contributed by atoms with van der Waals surface area (Å²) in [6, 6.07) is 6.03. The van der Waals surface area contributed by atoms with Crippen molar-refractivity contribution in [1.82, 2.24) is 15.2 Å². The number of rotatable bonds is 4. The molecule has 22 heavy (non-hydrogen) atoms. The van der Waals surface area contributed by atoms with Crippen molar-refractivity contribution in [2.24, 2.45) is 10.4 Å². The predicted octanol–water partition coefficient (Wildman–Crippen LogP) is 3.33. The molecule has 0 aliphatic carbocycles. The lowest BCUT2D eigenvalue weighted by Gasteiger charge is -2.62. The zero-order valence-electron chi connectivity index (χ0n) is 14.4. The molecule has 0 unspecified atom stereocenters. The van der Waals surface area contributed by atoms with Crippen molar-refractivity contribution in [3.63, 3.8) is 0 Å². The summed E-state index contributed by atoms with van der Waals surface area (Å²) in [5, 5.41) is 3.42. The molecule has 5 heteroatoms. The Morgan fingerprint density at radius 3 is 2.55 bits per heavy atom. The van der Waals surface area contributed by atoms with E-state index in [1.165, 1.54) is 0 Å². The van der Waals surface area contributed by atoms with Crippen LogP contribution >= 0.6 is 24.0 Å². The summed E-state index contributed by atoms with van der Waals surface area (Å²) in [6.45, 7) is 14.1. The van der Waals surface area contributed by atoms with E-state index in [1.807, 2.05) is 18.3 Å². The standard InChI is InChI=1S/C17H28N4.HI/c1-6-18-15(21-13-16(2,3)17(21,4)5)20-12-10-14-9-7-8-11-19-14;/h7-9,11H,6,10,12-13H2,1-5H3,(H,18,20);1H. The van der Waals surface area contributed by atoms with Gasteiger partial charge in [-0.15, -0.1) is 24.0 Å². The summed E-state index contributed by atoms with van der Waals surface area (Å²) in [7, 11) is 0. The molecule has 0 atom stereocenters. The Kier molecular flexibility index (Phi) is 6.65. The molecule has 0 spiro atoms. The van der Waals surface area contributed by atoms with Crippen LogP contribution in [0.4, 0.5) is 0 Å². The topological polar surface area (TPSA) is 40.5 Å². The Balaban J connectivity index is 0.00000242. The minimum atomic E-state index is 0. The van der Waals surface area contributed by atoms with Crippen LogP contribution in [0.25, 0.3) is 0 Å². The van der Waals surface area contributed by atoms with Crippen molar-refractivity contribution in [2.75, 3.05) is 19.6 Å². The molecule has 0 saturated carbocycles. The summed E-state index contributed by atoms with van der Waals surface area (Å²) in [6.07, 6.45) is 2.72. The number of guanidine groups is 1. The number of aliphatic imine (C=N–C) groups is 1. The van der Waals surface area contributed by atoms with Gasteiger partial charge in [0.05, 0.1) is 0 Å². The highest BCUT2D eigenvalue weighted by Gasteiger charge is 2.53. The maximum atomic E-state index is 4.78. The molecule has 1 saturated heterocycles. The van der Waals surface area contributed by atoms with Crippen molar-refractivity contribution >= 4 is 29.9 Å². The van der Waals surface area contributed by atoms with Crippen LogP contribution in [-0.2, 0) is 6.42 Å². The molecule has 1 aromatic rings. The van der Waals surface area contributed by atoms with Gasteiger partial charge >= 0.3 is 0 Å². The first-order chi connectivity index (χ1) is 9.88. The second-order valence-corrected chi connectivity index (χ2v) is 6.84. The molecule has 0 amide bonds. The summed E-state index contributed by atoms with van der Waals surface area (Å²) >= 11 is 0. The third-order valence-electron chi connectivity index (χ3n) is 4.83. The van der Waals surface area contributed by atoms with E-state index in [2.05, 4.69) is 55.9 Å². The molecule has 1 N–H and O–H groups in total. The van der Waals surface area contributed by atoms with Gasteiger partial charge in [0.2, 0.25) is 0 Å². The third-order valence-corrected chi connectivity index (χ3v) is 4.83. The van der Waals surface area contributed by atoms with Gasteiger partial charge in [-0.2, -0.15) is 0 Å². The smallest absolute Gasteiger partial charge is 0.194 e. The molecule has 1 fully saturated rings. The first kappa shape index (κ1) is 19.2. The van der Waals surface area contributed by atoms with Crippen LogP contribution in [0, 0.1) is 5.41 Å². The number of nitrogens with zero attached hydrogens (tertiary/aromatic N) is 3. The summed E-state index contributed by atoms with van der Waals surface area (Å²) < 4.78 is 0. The van der Waals surface area contributed by atoms with Gasteiger partial charge in [-0.25, -0.2) is 0 Å². The van der Waals surface area contributed by atoms with Crippen molar-refractivity contribution in [3.8, 4) is 0 Å². The predicted molar refractivity (Wildman–Crippen MR) is 104 cm³/mol. The molecular formula is C17H29IN4. The number of pyridine rings is 1. The van der Waals surface area contributed by atoms with Gasteiger partial charge in [-0.3, -0.25) is 9.98 Å². The van der Waals surface area contributed by atoms with Gasteiger partial charge in [-0.05, 0) is 32.9 Å². The van der Waals surface area contributed by atoms with Gasteiger partial charge in [0.15, 0.2) is 5.96 Å². The molecule has 4 nitrogen and oxygen atoms in total. The first-order valence-electron chi connectivity index (χ1n) is 7.84. The van der Waals surface area contributed by atoms with Crippen LogP contribution in [-0.4, -0.2) is 41.0 Å². The molecule has 1 aliphatic heterocycles. The van der Waals surface area contributed by atoms with Crippen LogP contribution in [0.2, 0.25) is 0 Å². The number of likely N-dealkylation sites (tertiary alicyclic amines) is 1. The van der Waals surface area contributed by atoms with Gasteiger partial charge in [0.25, 0.3) is 0 Å². The lowest BCUT2D eigenvalue weighted by Crippen LogP contribution is -2.72. The average Bonchev–Trinajstić information content (AvgIpc) is 2.45. The monoisotopic (exact) mass is 416 g/mol. The Morgan fingerprint density at radius 1 is 1.32 bits per heavy atom. The van der Waals surface area contributed by atoms with Crippen LogP contribution in [0.5, 0.6) is 0 Å². The molecule has 2 rings (SSSR count). The quantitative estimate of drug-likeness (QED) is 0.465. The number of hydrogen-bond donors (Lipinski definition) is 1. The van der Waals surface area contributed by atoms with Gasteiger partial charge in [-0.1, -0.05) is 19.9 Å². The van der Waals surface area contributed by atoms with Crippen LogP contribution in [0.15, 0.2) is 29.4 Å². The summed E-state index contributed by atoms with van der Waals surface area (Å²) in [5.74, 6) is 1.03. The Hall–Kier alpha value is -0.850. The minimum Gasteiger partial charge on any atom is -0.356 e. The fourth-order valence-electron chi connectivity index (χ4n) is 2.62. The van der Waals surface area contributed by atoms with E-state index in [9.17, 15) is 0 Å². The highest BCUT2D eigenvalue weighted by atomic mass is 127. The molecule has 124 valence electrons. The first-order valence-corrected chi connectivity index (χ1v) is 7.84. The Labute approximate surface area is 151 Å². The zero-order valence-corrected chi connectivity index (χ0v) is 16.7. The molecule has 0 aromatic carbocycles. The Morgan fingerprint density at radius 2 is 2.05 bits per heavy atom. The number of halogens is 1. The fourth-order valence-corrected chi connectivity index (χ4v) is 2.62. The molecule has 2 heterocycles. The maximum absolute atomic E-state index is 4.78. The van der Waals surface area contributed by atoms with E-state index < -0.39 is 0 Å². The molecular weight excluding hydrogens is 387 g/mol. The van der Waals surface area contributed by atoms with Crippen molar-refractivity contribution in [3.05, 3.63) is 30.1 Å². The average molecular weight is 416 g/mol. The lowest BCUT2D eigenvalue weighted by molar-refractivity contribution is -0.0667. The van der Waals surface area contributed by atoms with E-state index in [0.717, 1.165) is 37.7 Å².